The number of anilines is 6. The molecule has 0 amide bonds. The van der Waals surface area contributed by atoms with Crippen molar-refractivity contribution in [2.75, 3.05) is 73.0 Å². The molecule has 0 unspecified atom stereocenters. The molecule has 4 aromatic rings. The summed E-state index contributed by atoms with van der Waals surface area (Å²) >= 11 is 12.2. The predicted octanol–water partition coefficient (Wildman–Crippen LogP) is 2.43. The van der Waals surface area contributed by atoms with E-state index in [9.17, 15) is 25.9 Å². The van der Waals surface area contributed by atoms with Crippen LogP contribution in [0.3, 0.4) is 0 Å². The summed E-state index contributed by atoms with van der Waals surface area (Å²) in [5.41, 5.74) is 0.378. The van der Waals surface area contributed by atoms with Crippen molar-refractivity contribution in [3.8, 4) is 0 Å². The average molecular weight is 814 g/mol. The summed E-state index contributed by atoms with van der Waals surface area (Å²) in [4.78, 5) is 27.8. The van der Waals surface area contributed by atoms with Gasteiger partial charge in [-0.2, -0.15) is 46.7 Å². The van der Waals surface area contributed by atoms with Crippen LogP contribution in [-0.2, 0) is 29.7 Å². The maximum atomic E-state index is 12.4. The first-order valence-electron chi connectivity index (χ1n) is 14.8. The second-order valence-electron chi connectivity index (χ2n) is 10.7. The predicted molar refractivity (Wildman–Crippen MR) is 195 cm³/mol. The molecule has 2 radical (unpaired) electrons. The van der Waals surface area contributed by atoms with E-state index in [0.29, 0.717) is 64.5 Å². The molecule has 2 aromatic heterocycles. The number of hydrogen-bond donors (Lipinski definition) is 4. The van der Waals surface area contributed by atoms with Crippen molar-refractivity contribution < 1.29 is 35.4 Å². The number of halogens is 2. The van der Waals surface area contributed by atoms with E-state index in [2.05, 4.69) is 40.5 Å². The van der Waals surface area contributed by atoms with Crippen LogP contribution in [0.5, 0.6) is 0 Å². The first-order chi connectivity index (χ1) is 23.8. The van der Waals surface area contributed by atoms with Gasteiger partial charge in [0.05, 0.1) is 26.4 Å². The Balaban J connectivity index is 0.00000302. The molecule has 2 aliphatic heterocycles. The van der Waals surface area contributed by atoms with Gasteiger partial charge in [-0.15, -0.1) is 0 Å². The summed E-state index contributed by atoms with van der Waals surface area (Å²) in [6.45, 7) is 4.09. The van der Waals surface area contributed by atoms with Gasteiger partial charge in [0.2, 0.25) is 34.4 Å². The van der Waals surface area contributed by atoms with E-state index >= 15 is 0 Å². The average Bonchev–Trinajstić information content (AvgIpc) is 3.07. The van der Waals surface area contributed by atoms with Crippen LogP contribution in [0.4, 0.5) is 35.2 Å². The molecule has 18 nitrogen and oxygen atoms in total. The Hall–Kier alpha value is -2.28. The molecule has 0 saturated carbocycles. The second kappa shape index (κ2) is 18.4. The van der Waals surface area contributed by atoms with Crippen LogP contribution >= 0.6 is 23.2 Å². The zero-order valence-corrected chi connectivity index (χ0v) is 34.9. The molecule has 2 saturated heterocycles. The van der Waals surface area contributed by atoms with Crippen molar-refractivity contribution >= 4 is 150 Å². The number of aromatic nitrogens is 6. The Morgan fingerprint density at radius 3 is 1.33 bits per heavy atom. The summed E-state index contributed by atoms with van der Waals surface area (Å²) in [5.74, 6) is 0.658. The zero-order chi connectivity index (χ0) is 35.5. The molecule has 4 heterocycles. The third-order valence-corrected chi connectivity index (χ3v) is 9.47. The van der Waals surface area contributed by atoms with Crippen LogP contribution in [0.1, 0.15) is 11.1 Å². The minimum Gasteiger partial charge on any atom is -0.378 e. The first-order valence-corrected chi connectivity index (χ1v) is 18.4. The van der Waals surface area contributed by atoms with Gasteiger partial charge in [-0.25, -0.2) is 0 Å². The molecule has 2 aromatic carbocycles. The normalized spacial score (nSPS) is 15.2. The first kappa shape index (κ1) is 42.5. The van der Waals surface area contributed by atoms with Gasteiger partial charge in [0.25, 0.3) is 20.2 Å². The fraction of sp³-hybridized carbons (Fsp3) is 0.286. The third-order valence-electron chi connectivity index (χ3n) is 7.32. The number of nitrogens with one attached hydrogen (secondary N) is 2. The molecule has 0 spiro atoms. The molecule has 2 aliphatic rings. The number of nitrogens with zero attached hydrogens (tertiary/aromatic N) is 8. The minimum absolute atomic E-state index is 0. The maximum absolute atomic E-state index is 12.4. The van der Waals surface area contributed by atoms with Crippen molar-refractivity contribution in [1.29, 1.82) is 0 Å². The van der Waals surface area contributed by atoms with Crippen molar-refractivity contribution in [1.82, 2.24) is 29.9 Å². The van der Waals surface area contributed by atoms with Crippen molar-refractivity contribution in [3.05, 3.63) is 58.1 Å². The molecular formula is C28H28Cl2N10Na2O8S2. The van der Waals surface area contributed by atoms with Crippen LogP contribution in [0, 0.1) is 0 Å². The third kappa shape index (κ3) is 11.1. The van der Waals surface area contributed by atoms with Gasteiger partial charge < -0.3 is 29.9 Å². The van der Waals surface area contributed by atoms with E-state index in [4.69, 9.17) is 32.7 Å². The SMILES string of the molecule is O=S(=O)(O)c1cc(Nc2nc(Cl)nc(N3CCOCC3)n2)ccc1C=Cc1ccc(Nc2nc(Cl)nc(N3CCOCC3)n2)cc1S(=O)(=O)O.[Na].[Na]. The fourth-order valence-electron chi connectivity index (χ4n) is 4.98. The van der Waals surface area contributed by atoms with Gasteiger partial charge in [0.15, 0.2) is 0 Å². The Bertz CT molecular complexity index is 2010. The van der Waals surface area contributed by atoms with E-state index in [1.165, 1.54) is 36.4 Å². The van der Waals surface area contributed by atoms with E-state index < -0.39 is 30.0 Å². The van der Waals surface area contributed by atoms with E-state index in [1.807, 2.05) is 9.80 Å². The molecular weight excluding hydrogens is 785 g/mol. The number of hydrogen-bond acceptors (Lipinski definition) is 16. The summed E-state index contributed by atoms with van der Waals surface area (Å²) in [7, 11) is -9.58. The molecule has 52 heavy (non-hydrogen) atoms. The number of morpholine rings is 2. The maximum Gasteiger partial charge on any atom is 0.295 e. The molecule has 0 bridgehead atoms. The minimum atomic E-state index is -4.79. The summed E-state index contributed by atoms with van der Waals surface area (Å²) in [6.07, 6.45) is 2.53. The van der Waals surface area contributed by atoms with Gasteiger partial charge in [-0.1, -0.05) is 24.3 Å². The van der Waals surface area contributed by atoms with Crippen LogP contribution in [0.2, 0.25) is 10.6 Å². The Morgan fingerprint density at radius 1 is 0.615 bits per heavy atom. The molecule has 266 valence electrons. The molecule has 4 N–H and O–H groups in total. The summed E-state index contributed by atoms with van der Waals surface area (Å²) < 4.78 is 80.4. The number of ether oxygens (including phenoxy) is 2. The Kier molecular flexibility index (Phi) is 15.0. The van der Waals surface area contributed by atoms with Crippen molar-refractivity contribution in [2.45, 2.75) is 9.79 Å². The summed E-state index contributed by atoms with van der Waals surface area (Å²) in [6, 6.07) is 8.00. The fourth-order valence-corrected chi connectivity index (χ4v) is 6.72. The van der Waals surface area contributed by atoms with E-state index in [-0.39, 0.29) is 104 Å². The van der Waals surface area contributed by atoms with Crippen LogP contribution in [0.15, 0.2) is 46.2 Å². The molecule has 0 atom stereocenters. The molecule has 24 heteroatoms. The molecule has 2 fully saturated rings. The van der Waals surface area contributed by atoms with Gasteiger partial charge >= 0.3 is 0 Å². The van der Waals surface area contributed by atoms with Crippen molar-refractivity contribution in [3.63, 3.8) is 0 Å². The van der Waals surface area contributed by atoms with Crippen LogP contribution in [0.25, 0.3) is 12.2 Å². The zero-order valence-electron chi connectivity index (χ0n) is 27.8. The number of benzene rings is 2. The standard InChI is InChI=1S/C28H28Cl2N10O8S2.2Na/c29-23-33-25(37-27(35-23)39-7-11-47-12-8-39)31-19-5-3-17(21(15-19)49(41,42)43)1-2-18-4-6-20(16-22(18)50(44,45)46)32-26-34-24(30)36-28(38-26)40-9-13-48-14-10-40;;/h1-6,15-16H,7-14H2,(H,41,42,43)(H,44,45,46)(H,31,33,35,37)(H,32,34,36,38);;. The van der Waals surface area contributed by atoms with Crippen LogP contribution in [-0.4, -0.2) is 168 Å². The Labute approximate surface area is 352 Å². The Morgan fingerprint density at radius 2 is 0.981 bits per heavy atom. The smallest absolute Gasteiger partial charge is 0.295 e. The topological polar surface area (TPSA) is 235 Å². The molecule has 0 aliphatic carbocycles. The molecule has 6 rings (SSSR count). The van der Waals surface area contributed by atoms with Gasteiger partial charge in [0.1, 0.15) is 9.79 Å². The van der Waals surface area contributed by atoms with E-state index in [1.54, 1.807) is 0 Å². The second-order valence-corrected chi connectivity index (χ2v) is 14.1. The van der Waals surface area contributed by atoms with Gasteiger partial charge in [0, 0.05) is 96.7 Å². The monoisotopic (exact) mass is 812 g/mol. The van der Waals surface area contributed by atoms with Crippen LogP contribution < -0.4 is 20.4 Å². The number of rotatable bonds is 10. The van der Waals surface area contributed by atoms with E-state index in [0.717, 1.165) is 12.1 Å². The van der Waals surface area contributed by atoms with Crippen molar-refractivity contribution in [2.24, 2.45) is 0 Å². The van der Waals surface area contributed by atoms with Gasteiger partial charge in [-0.3, -0.25) is 9.11 Å². The quantitative estimate of drug-likeness (QED) is 0.102. The largest absolute Gasteiger partial charge is 0.378 e. The van der Waals surface area contributed by atoms with Gasteiger partial charge in [-0.05, 0) is 58.6 Å². The summed E-state index contributed by atoms with van der Waals surface area (Å²) in [5, 5.41) is 5.54.